The minimum atomic E-state index is 0.156. The van der Waals surface area contributed by atoms with E-state index in [1.54, 1.807) is 0 Å². The second-order valence-corrected chi connectivity index (χ2v) is 10.6. The van der Waals surface area contributed by atoms with Gasteiger partial charge >= 0.3 is 0 Å². The molecule has 1 aromatic rings. The van der Waals surface area contributed by atoms with Gasteiger partial charge in [-0.3, -0.25) is 14.5 Å². The molecule has 0 aliphatic carbocycles. The van der Waals surface area contributed by atoms with E-state index >= 15 is 0 Å². The van der Waals surface area contributed by atoms with Crippen LogP contribution >= 0.6 is 0 Å². The molecule has 2 amide bonds. The summed E-state index contributed by atoms with van der Waals surface area (Å²) >= 11 is 0. The molecule has 3 saturated heterocycles. The van der Waals surface area contributed by atoms with Gasteiger partial charge in [0.05, 0.1) is 0 Å². The number of hydrogen-bond acceptors (Lipinski definition) is 3. The summed E-state index contributed by atoms with van der Waals surface area (Å²) in [5.41, 5.74) is 0.797. The first-order valence-corrected chi connectivity index (χ1v) is 12.9. The Bertz CT molecular complexity index is 763. The molecule has 1 N–H and O–H groups in total. The summed E-state index contributed by atoms with van der Waals surface area (Å²) < 4.78 is 0. The predicted molar refractivity (Wildman–Crippen MR) is 128 cm³/mol. The summed E-state index contributed by atoms with van der Waals surface area (Å²) in [6, 6.07) is 10.6. The number of benzene rings is 1. The lowest BCUT2D eigenvalue weighted by Gasteiger charge is -2.57. The number of carbonyl (C=O) groups excluding carboxylic acids is 2. The molecule has 1 aromatic carbocycles. The maximum absolute atomic E-state index is 13.6. The number of likely N-dealkylation sites (tertiary alicyclic amines) is 1. The Morgan fingerprint density at radius 3 is 2.59 bits per heavy atom. The van der Waals surface area contributed by atoms with Crippen molar-refractivity contribution in [1.82, 2.24) is 15.1 Å². The highest BCUT2D eigenvalue weighted by Crippen LogP contribution is 2.43. The van der Waals surface area contributed by atoms with E-state index in [1.807, 2.05) is 30.3 Å². The predicted octanol–water partition coefficient (Wildman–Crippen LogP) is 4.33. The first kappa shape index (κ1) is 23.3. The Labute approximate surface area is 193 Å². The molecular weight excluding hydrogens is 398 g/mol. The molecule has 0 radical (unpaired) electrons. The van der Waals surface area contributed by atoms with Crippen molar-refractivity contribution in [3.63, 3.8) is 0 Å². The molecule has 5 nitrogen and oxygen atoms in total. The highest BCUT2D eigenvalue weighted by Gasteiger charge is 2.49. The summed E-state index contributed by atoms with van der Waals surface area (Å²) in [6.45, 7) is 8.43. The SMILES string of the molecule is CC(C)CCNC(=O)CCC[C@@H]1[C@H]2CCCN3CCC[C@@H](CN1C(=O)c1ccccc1)[C@@H]23. The van der Waals surface area contributed by atoms with Gasteiger partial charge in [-0.05, 0) is 87.9 Å². The normalized spacial score (nSPS) is 27.8. The van der Waals surface area contributed by atoms with Crippen molar-refractivity contribution in [2.24, 2.45) is 17.8 Å². The van der Waals surface area contributed by atoms with Gasteiger partial charge in [0.25, 0.3) is 5.91 Å². The lowest BCUT2D eigenvalue weighted by molar-refractivity contribution is -0.121. The molecule has 3 fully saturated rings. The van der Waals surface area contributed by atoms with Crippen molar-refractivity contribution >= 4 is 11.8 Å². The van der Waals surface area contributed by atoms with Crippen LogP contribution in [0.1, 0.15) is 75.6 Å². The fraction of sp³-hybridized carbons (Fsp3) is 0.704. The van der Waals surface area contributed by atoms with Gasteiger partial charge in [-0.1, -0.05) is 32.0 Å². The fourth-order valence-electron chi connectivity index (χ4n) is 6.41. The Balaban J connectivity index is 1.45. The lowest BCUT2D eigenvalue weighted by atomic mass is 9.69. The number of amides is 2. The molecule has 176 valence electrons. The molecule has 0 bridgehead atoms. The Morgan fingerprint density at radius 2 is 1.84 bits per heavy atom. The van der Waals surface area contributed by atoms with Gasteiger partial charge in [0.15, 0.2) is 0 Å². The van der Waals surface area contributed by atoms with E-state index in [9.17, 15) is 9.59 Å². The molecule has 0 spiro atoms. The number of piperidine rings is 3. The second kappa shape index (κ2) is 10.8. The summed E-state index contributed by atoms with van der Waals surface area (Å²) in [5, 5.41) is 3.07. The van der Waals surface area contributed by atoms with Crippen molar-refractivity contribution < 1.29 is 9.59 Å². The first-order valence-electron chi connectivity index (χ1n) is 12.9. The molecule has 3 aliphatic rings. The van der Waals surface area contributed by atoms with Crippen LogP contribution in [0.15, 0.2) is 30.3 Å². The van der Waals surface area contributed by atoms with Crippen molar-refractivity contribution in [3.8, 4) is 0 Å². The van der Waals surface area contributed by atoms with E-state index in [1.165, 1.54) is 38.8 Å². The average molecular weight is 440 g/mol. The highest BCUT2D eigenvalue weighted by atomic mass is 16.2. The largest absolute Gasteiger partial charge is 0.356 e. The van der Waals surface area contributed by atoms with Crippen LogP contribution in [0.3, 0.4) is 0 Å². The van der Waals surface area contributed by atoms with Gasteiger partial charge in [-0.25, -0.2) is 0 Å². The molecule has 4 atom stereocenters. The van der Waals surface area contributed by atoms with Crippen molar-refractivity contribution in [2.45, 2.75) is 77.3 Å². The zero-order valence-electron chi connectivity index (χ0n) is 20.0. The molecule has 32 heavy (non-hydrogen) atoms. The number of nitrogens with one attached hydrogen (secondary N) is 1. The topological polar surface area (TPSA) is 52.7 Å². The van der Waals surface area contributed by atoms with E-state index in [0.29, 0.717) is 30.2 Å². The number of rotatable bonds is 8. The third-order valence-electron chi connectivity index (χ3n) is 7.90. The smallest absolute Gasteiger partial charge is 0.254 e. The lowest BCUT2D eigenvalue weighted by Crippen LogP contribution is -2.65. The minimum absolute atomic E-state index is 0.156. The molecule has 3 aliphatic heterocycles. The van der Waals surface area contributed by atoms with Gasteiger partial charge < -0.3 is 10.2 Å². The maximum atomic E-state index is 13.6. The third kappa shape index (κ3) is 5.36. The summed E-state index contributed by atoms with van der Waals surface area (Å²) in [5.74, 6) is 2.07. The van der Waals surface area contributed by atoms with Crippen LogP contribution in [-0.4, -0.2) is 59.9 Å². The van der Waals surface area contributed by atoms with Crippen LogP contribution in [0.25, 0.3) is 0 Å². The van der Waals surface area contributed by atoms with Crippen LogP contribution in [0.2, 0.25) is 0 Å². The molecule has 0 aromatic heterocycles. The molecule has 0 unspecified atom stereocenters. The molecule has 3 heterocycles. The van der Waals surface area contributed by atoms with Gasteiger partial charge in [0.2, 0.25) is 5.91 Å². The summed E-state index contributed by atoms with van der Waals surface area (Å²) in [6.07, 6.45) is 8.29. The minimum Gasteiger partial charge on any atom is -0.356 e. The Hall–Kier alpha value is -1.88. The summed E-state index contributed by atoms with van der Waals surface area (Å²) in [4.78, 5) is 30.8. The zero-order valence-corrected chi connectivity index (χ0v) is 20.0. The Morgan fingerprint density at radius 1 is 1.09 bits per heavy atom. The van der Waals surface area contributed by atoms with Gasteiger partial charge in [0, 0.05) is 37.2 Å². The quantitative estimate of drug-likeness (QED) is 0.656. The maximum Gasteiger partial charge on any atom is 0.254 e. The van der Waals surface area contributed by atoms with E-state index in [2.05, 4.69) is 29.0 Å². The van der Waals surface area contributed by atoms with Gasteiger partial charge in [-0.15, -0.1) is 0 Å². The van der Waals surface area contributed by atoms with Crippen molar-refractivity contribution in [3.05, 3.63) is 35.9 Å². The summed E-state index contributed by atoms with van der Waals surface area (Å²) in [7, 11) is 0. The monoisotopic (exact) mass is 439 g/mol. The van der Waals surface area contributed by atoms with E-state index in [-0.39, 0.29) is 17.9 Å². The van der Waals surface area contributed by atoms with Gasteiger partial charge in [-0.2, -0.15) is 0 Å². The third-order valence-corrected chi connectivity index (χ3v) is 7.90. The van der Waals surface area contributed by atoms with Crippen LogP contribution in [0, 0.1) is 17.8 Å². The molecule has 0 saturated carbocycles. The van der Waals surface area contributed by atoms with Crippen LogP contribution < -0.4 is 5.32 Å². The van der Waals surface area contributed by atoms with Crippen molar-refractivity contribution in [1.29, 1.82) is 0 Å². The van der Waals surface area contributed by atoms with Crippen LogP contribution in [0.5, 0.6) is 0 Å². The number of hydrogen-bond donors (Lipinski definition) is 1. The average Bonchev–Trinajstić information content (AvgIpc) is 2.80. The van der Waals surface area contributed by atoms with E-state index in [4.69, 9.17) is 0 Å². The molecule has 5 heteroatoms. The second-order valence-electron chi connectivity index (χ2n) is 10.6. The number of carbonyl (C=O) groups is 2. The van der Waals surface area contributed by atoms with Crippen LogP contribution in [0.4, 0.5) is 0 Å². The molecular formula is C27H41N3O2. The zero-order chi connectivity index (χ0) is 22.5. The highest BCUT2D eigenvalue weighted by molar-refractivity contribution is 5.94. The van der Waals surface area contributed by atoms with Gasteiger partial charge in [0.1, 0.15) is 0 Å². The Kier molecular flexibility index (Phi) is 7.88. The first-order chi connectivity index (χ1) is 15.5. The standard InChI is InChI=1S/C27H41N3O2/c1-20(2)15-16-28-25(31)14-6-13-24-23-12-8-18-29-17-7-11-22(26(23)29)19-30(24)27(32)21-9-4-3-5-10-21/h3-5,9-10,20,22-24,26H,6-8,11-19H2,1-2H3,(H,28,31)/t22-,23+,24+,26-/m0/s1. The van der Waals surface area contributed by atoms with E-state index < -0.39 is 0 Å². The number of nitrogens with zero attached hydrogens (tertiary/aromatic N) is 2. The van der Waals surface area contributed by atoms with Crippen LogP contribution in [-0.2, 0) is 4.79 Å². The fourth-order valence-corrected chi connectivity index (χ4v) is 6.41. The van der Waals surface area contributed by atoms with E-state index in [0.717, 1.165) is 37.9 Å². The van der Waals surface area contributed by atoms with Crippen molar-refractivity contribution in [2.75, 3.05) is 26.2 Å². The molecule has 4 rings (SSSR count).